The molecule has 0 bridgehead atoms. The normalized spacial score (nSPS) is 15.2. The van der Waals surface area contributed by atoms with Gasteiger partial charge in [0.15, 0.2) is 0 Å². The minimum Gasteiger partial charge on any atom is -0.508 e. The standard InChI is InChI=1S/C11H10O/c1-8-3-2-4-9-7-10(12)5-6-11(8)9/h2-7,12H,1H3/i1D3. The molecule has 2 rings (SSSR count). The molecule has 1 nitrogen and oxygen atoms in total. The average molecular weight is 161 g/mol. The minimum absolute atomic E-state index is 0.144. The number of phenols is 1. The van der Waals surface area contributed by atoms with Crippen molar-refractivity contribution in [1.29, 1.82) is 0 Å². The van der Waals surface area contributed by atoms with Crippen LogP contribution in [0.25, 0.3) is 10.8 Å². The first kappa shape index (κ1) is 4.51. The van der Waals surface area contributed by atoms with Gasteiger partial charge in [-0.1, -0.05) is 24.3 Å². The van der Waals surface area contributed by atoms with E-state index in [0.717, 1.165) is 5.39 Å². The van der Waals surface area contributed by atoms with Crippen molar-refractivity contribution in [2.75, 3.05) is 0 Å². The van der Waals surface area contributed by atoms with Crippen molar-refractivity contribution >= 4 is 10.8 Å². The zero-order valence-corrected chi connectivity index (χ0v) is 6.41. The van der Waals surface area contributed by atoms with Crippen LogP contribution in [0.5, 0.6) is 5.75 Å². The Bertz CT molecular complexity index is 503. The molecule has 2 aromatic rings. The molecule has 0 aromatic heterocycles. The summed E-state index contributed by atoms with van der Waals surface area (Å²) in [6.07, 6.45) is 0. The smallest absolute Gasteiger partial charge is 0.116 e. The van der Waals surface area contributed by atoms with E-state index in [-0.39, 0.29) is 5.75 Å². The number of hydrogen-bond acceptors (Lipinski definition) is 1. The van der Waals surface area contributed by atoms with E-state index in [2.05, 4.69) is 0 Å². The Morgan fingerprint density at radius 1 is 1.25 bits per heavy atom. The van der Waals surface area contributed by atoms with Gasteiger partial charge in [0.25, 0.3) is 0 Å². The molecule has 1 N–H and O–H groups in total. The van der Waals surface area contributed by atoms with Crippen molar-refractivity contribution in [3.8, 4) is 5.75 Å². The molecule has 0 unspecified atom stereocenters. The van der Waals surface area contributed by atoms with Crippen LogP contribution < -0.4 is 0 Å². The van der Waals surface area contributed by atoms with Crippen LogP contribution in [0, 0.1) is 6.85 Å². The lowest BCUT2D eigenvalue weighted by atomic mass is 10.1. The monoisotopic (exact) mass is 161 g/mol. The van der Waals surface area contributed by atoms with Gasteiger partial charge in [0, 0.05) is 4.11 Å². The molecule has 0 aliphatic heterocycles. The van der Waals surface area contributed by atoms with E-state index in [4.69, 9.17) is 4.11 Å². The molecular formula is C11H10O. The van der Waals surface area contributed by atoms with E-state index in [1.54, 1.807) is 30.3 Å². The lowest BCUT2D eigenvalue weighted by Crippen LogP contribution is -1.76. The third-order valence-electron chi connectivity index (χ3n) is 1.86. The highest BCUT2D eigenvalue weighted by Gasteiger charge is 1.96. The lowest BCUT2D eigenvalue weighted by Gasteiger charge is -2.01. The van der Waals surface area contributed by atoms with Gasteiger partial charge in [-0.2, -0.15) is 0 Å². The minimum atomic E-state index is -2.11. The molecule has 0 saturated heterocycles. The molecule has 60 valence electrons. The largest absolute Gasteiger partial charge is 0.508 e. The van der Waals surface area contributed by atoms with Crippen molar-refractivity contribution in [2.45, 2.75) is 6.85 Å². The molecule has 1 heteroatoms. The Balaban J connectivity index is 2.77. The van der Waals surface area contributed by atoms with Gasteiger partial charge in [-0.3, -0.25) is 0 Å². The summed E-state index contributed by atoms with van der Waals surface area (Å²) < 4.78 is 22.1. The Morgan fingerprint density at radius 2 is 2.17 bits per heavy atom. The second-order valence-electron chi connectivity index (χ2n) is 2.71. The van der Waals surface area contributed by atoms with E-state index in [0.29, 0.717) is 10.9 Å². The van der Waals surface area contributed by atoms with Crippen molar-refractivity contribution in [3.05, 3.63) is 42.0 Å². The van der Waals surface area contributed by atoms with Crippen LogP contribution in [0.15, 0.2) is 36.4 Å². The van der Waals surface area contributed by atoms with Crippen molar-refractivity contribution < 1.29 is 9.22 Å². The summed E-state index contributed by atoms with van der Waals surface area (Å²) in [5.74, 6) is 0.144. The predicted molar refractivity (Wildman–Crippen MR) is 50.3 cm³/mol. The average Bonchev–Trinajstić information content (AvgIpc) is 2.15. The van der Waals surface area contributed by atoms with Crippen LogP contribution in [-0.4, -0.2) is 5.11 Å². The number of aromatic hydroxyl groups is 1. The number of phenolic OH excluding ortho intramolecular Hbond substituents is 1. The number of aryl methyl sites for hydroxylation is 1. The van der Waals surface area contributed by atoms with E-state index < -0.39 is 6.85 Å². The predicted octanol–water partition coefficient (Wildman–Crippen LogP) is 2.85. The third kappa shape index (κ3) is 1.03. The Hall–Kier alpha value is -1.50. The van der Waals surface area contributed by atoms with Crippen LogP contribution >= 0.6 is 0 Å². The molecule has 0 saturated carbocycles. The molecule has 0 heterocycles. The first-order valence-corrected chi connectivity index (χ1v) is 3.71. The first-order chi connectivity index (χ1) is 6.98. The Kier molecular flexibility index (Phi) is 0.947. The van der Waals surface area contributed by atoms with Gasteiger partial charge >= 0.3 is 0 Å². The van der Waals surface area contributed by atoms with Crippen LogP contribution in [0.2, 0.25) is 0 Å². The van der Waals surface area contributed by atoms with Gasteiger partial charge in [-0.05, 0) is 35.3 Å². The number of rotatable bonds is 0. The molecule has 0 radical (unpaired) electrons. The Labute approximate surface area is 75.5 Å². The second kappa shape index (κ2) is 2.52. The summed E-state index contributed by atoms with van der Waals surface area (Å²) in [6, 6.07) is 9.74. The molecule has 0 aliphatic carbocycles. The molecule has 0 aliphatic rings. The second-order valence-corrected chi connectivity index (χ2v) is 2.71. The van der Waals surface area contributed by atoms with Gasteiger partial charge in [-0.25, -0.2) is 0 Å². The fourth-order valence-electron chi connectivity index (χ4n) is 1.27. The van der Waals surface area contributed by atoms with Crippen LogP contribution in [-0.2, 0) is 0 Å². The maximum Gasteiger partial charge on any atom is 0.116 e. The quantitative estimate of drug-likeness (QED) is 0.630. The summed E-state index contributed by atoms with van der Waals surface area (Å²) in [7, 11) is 0. The van der Waals surface area contributed by atoms with Crippen LogP contribution in [0.3, 0.4) is 0 Å². The molecule has 0 amide bonds. The van der Waals surface area contributed by atoms with Crippen LogP contribution in [0.1, 0.15) is 9.68 Å². The number of benzene rings is 2. The van der Waals surface area contributed by atoms with E-state index in [9.17, 15) is 5.11 Å². The molecule has 2 aromatic carbocycles. The molecule has 0 fully saturated rings. The summed E-state index contributed by atoms with van der Waals surface area (Å²) in [6.45, 7) is -2.11. The summed E-state index contributed by atoms with van der Waals surface area (Å²) >= 11 is 0. The Morgan fingerprint density at radius 3 is 3.00 bits per heavy atom. The van der Waals surface area contributed by atoms with Crippen molar-refractivity contribution in [3.63, 3.8) is 0 Å². The molecule has 0 atom stereocenters. The lowest BCUT2D eigenvalue weighted by molar-refractivity contribution is 0.476. The number of fused-ring (bicyclic) bond motifs is 1. The van der Waals surface area contributed by atoms with E-state index in [1.807, 2.05) is 0 Å². The number of hydrogen-bond donors (Lipinski definition) is 1. The van der Waals surface area contributed by atoms with Gasteiger partial charge in [0.05, 0.1) is 0 Å². The van der Waals surface area contributed by atoms with Gasteiger partial charge in [0.1, 0.15) is 5.75 Å². The summed E-state index contributed by atoms with van der Waals surface area (Å²) in [4.78, 5) is 0. The zero-order valence-electron chi connectivity index (χ0n) is 9.41. The summed E-state index contributed by atoms with van der Waals surface area (Å²) in [5.41, 5.74) is 0.319. The van der Waals surface area contributed by atoms with Gasteiger partial charge in [0.2, 0.25) is 0 Å². The fourth-order valence-corrected chi connectivity index (χ4v) is 1.27. The van der Waals surface area contributed by atoms with Crippen LogP contribution in [0.4, 0.5) is 0 Å². The fraction of sp³-hybridized carbons (Fsp3) is 0.0909. The van der Waals surface area contributed by atoms with Gasteiger partial charge in [-0.15, -0.1) is 0 Å². The maximum atomic E-state index is 9.28. The highest BCUT2D eigenvalue weighted by atomic mass is 16.3. The first-order valence-electron chi connectivity index (χ1n) is 5.21. The highest BCUT2D eigenvalue weighted by molar-refractivity contribution is 5.86. The van der Waals surface area contributed by atoms with E-state index in [1.165, 1.54) is 6.07 Å². The summed E-state index contributed by atoms with van der Waals surface area (Å²) in [5, 5.41) is 10.7. The molecule has 0 spiro atoms. The van der Waals surface area contributed by atoms with E-state index >= 15 is 0 Å². The molecule has 12 heavy (non-hydrogen) atoms. The third-order valence-corrected chi connectivity index (χ3v) is 1.86. The maximum absolute atomic E-state index is 9.28. The van der Waals surface area contributed by atoms with Crippen molar-refractivity contribution in [2.24, 2.45) is 0 Å². The highest BCUT2D eigenvalue weighted by Crippen LogP contribution is 2.22. The van der Waals surface area contributed by atoms with Crippen molar-refractivity contribution in [1.82, 2.24) is 0 Å². The topological polar surface area (TPSA) is 20.2 Å². The van der Waals surface area contributed by atoms with Gasteiger partial charge < -0.3 is 5.11 Å². The zero-order chi connectivity index (χ0) is 11.1. The SMILES string of the molecule is [2H]C([2H])([2H])c1cccc2cc(O)ccc12. The molecular weight excluding hydrogens is 148 g/mol.